The van der Waals surface area contributed by atoms with Crippen molar-refractivity contribution in [2.24, 2.45) is 5.92 Å². The maximum atomic E-state index is 14.9. The van der Waals surface area contributed by atoms with Crippen LogP contribution in [0.3, 0.4) is 0 Å². The van der Waals surface area contributed by atoms with Crippen LogP contribution in [0.5, 0.6) is 5.75 Å². The van der Waals surface area contributed by atoms with E-state index in [2.05, 4.69) is 31.0 Å². The number of carbonyl (C=O) groups is 1. The van der Waals surface area contributed by atoms with Crippen molar-refractivity contribution >= 4 is 17.1 Å². The molecule has 0 radical (unpaired) electrons. The summed E-state index contributed by atoms with van der Waals surface area (Å²) in [6.45, 7) is 4.56. The summed E-state index contributed by atoms with van der Waals surface area (Å²) in [7, 11) is 0. The van der Waals surface area contributed by atoms with Gasteiger partial charge in [0.2, 0.25) is 5.82 Å². The second kappa shape index (κ2) is 11.9. The number of aromatic nitrogens is 6. The maximum absolute atomic E-state index is 14.9. The summed E-state index contributed by atoms with van der Waals surface area (Å²) in [5.74, 6) is -0.731. The molecule has 2 N–H and O–H groups in total. The quantitative estimate of drug-likeness (QED) is 0.229. The van der Waals surface area contributed by atoms with Crippen LogP contribution in [0.15, 0.2) is 36.5 Å². The normalized spacial score (nSPS) is 18.2. The van der Waals surface area contributed by atoms with E-state index in [1.807, 2.05) is 13.8 Å². The van der Waals surface area contributed by atoms with Gasteiger partial charge >= 0.3 is 12.4 Å². The number of ether oxygens (including phenoxy) is 1. The first-order valence-electron chi connectivity index (χ1n) is 13.0. The Balaban J connectivity index is 1.61. The predicted molar refractivity (Wildman–Crippen MR) is 135 cm³/mol. The van der Waals surface area contributed by atoms with Crippen molar-refractivity contribution in [3.63, 3.8) is 0 Å². The van der Waals surface area contributed by atoms with Crippen LogP contribution in [0.25, 0.3) is 11.1 Å². The smallest absolute Gasteiger partial charge is 0.416 e. The molecule has 9 nitrogen and oxygen atoms in total. The molecular formula is C26H29F6N7O2. The largest absolute Gasteiger partial charge is 0.494 e. The lowest BCUT2D eigenvalue weighted by atomic mass is 9.77. The number of nitrogens with one attached hydrogen (secondary N) is 2. The van der Waals surface area contributed by atoms with Crippen LogP contribution >= 0.6 is 0 Å². The van der Waals surface area contributed by atoms with Crippen molar-refractivity contribution in [1.29, 1.82) is 0 Å². The number of alkyl halides is 6. The van der Waals surface area contributed by atoms with Crippen LogP contribution in [-0.2, 0) is 16.9 Å². The van der Waals surface area contributed by atoms with Gasteiger partial charge in [0.05, 0.1) is 17.9 Å². The number of hydrogen-bond donors (Lipinski definition) is 2. The summed E-state index contributed by atoms with van der Waals surface area (Å²) in [5.41, 5.74) is -3.01. The number of rotatable bonds is 11. The number of unbranched alkanes of at least 4 members (excludes halogenated alkanes) is 2. The number of tetrazole rings is 1. The summed E-state index contributed by atoms with van der Waals surface area (Å²) in [5, 5.41) is 19.9. The molecule has 0 aliphatic carbocycles. The average Bonchev–Trinajstić information content (AvgIpc) is 3.57. The Hall–Kier alpha value is -3.91. The Morgan fingerprint density at radius 1 is 1.05 bits per heavy atom. The number of hydrogen-bond acceptors (Lipinski definition) is 6. The van der Waals surface area contributed by atoms with E-state index in [1.54, 1.807) is 16.9 Å². The number of halogens is 6. The first kappa shape index (κ1) is 30.1. The molecule has 4 rings (SSSR count). The third kappa shape index (κ3) is 7.06. The molecule has 0 saturated heterocycles. The van der Waals surface area contributed by atoms with Crippen molar-refractivity contribution < 1.29 is 35.9 Å². The molecule has 15 heteroatoms. The maximum Gasteiger partial charge on any atom is 0.416 e. The molecule has 1 aliphatic heterocycles. The van der Waals surface area contributed by atoms with Gasteiger partial charge in [-0.25, -0.2) is 0 Å². The lowest BCUT2D eigenvalue weighted by Crippen LogP contribution is -2.58. The minimum Gasteiger partial charge on any atom is -0.494 e. The second-order valence-electron chi connectivity index (χ2n) is 10.2. The fourth-order valence-corrected chi connectivity index (χ4v) is 4.65. The van der Waals surface area contributed by atoms with E-state index >= 15 is 0 Å². The monoisotopic (exact) mass is 585 g/mol. The van der Waals surface area contributed by atoms with E-state index in [-0.39, 0.29) is 52.9 Å². The SMILES string of the molecule is CC(C)Cn1ccc(C2=C(c3nn[nH]n3)C(=O)NC(c3ccc(OCCCCCC(F)(F)F)cc3)(C(F)(F)F)C2)n1. The predicted octanol–water partition coefficient (Wildman–Crippen LogP) is 5.44. The molecule has 0 spiro atoms. The van der Waals surface area contributed by atoms with E-state index in [0.717, 1.165) is 0 Å². The van der Waals surface area contributed by atoms with Gasteiger partial charge in [-0.05, 0) is 59.7 Å². The molecule has 1 unspecified atom stereocenters. The fraction of sp³-hybridized carbons (Fsp3) is 0.500. The van der Waals surface area contributed by atoms with Gasteiger partial charge in [0.1, 0.15) is 5.75 Å². The van der Waals surface area contributed by atoms with Gasteiger partial charge in [-0.1, -0.05) is 26.0 Å². The van der Waals surface area contributed by atoms with Crippen molar-refractivity contribution in [2.45, 2.75) is 70.4 Å². The molecule has 1 amide bonds. The van der Waals surface area contributed by atoms with E-state index in [1.165, 1.54) is 24.3 Å². The van der Waals surface area contributed by atoms with Crippen molar-refractivity contribution in [1.82, 2.24) is 35.7 Å². The molecule has 1 aromatic carbocycles. The molecule has 0 fully saturated rings. The number of carbonyl (C=O) groups excluding carboxylic acids is 1. The van der Waals surface area contributed by atoms with E-state index < -0.39 is 36.6 Å². The topological polar surface area (TPSA) is 111 Å². The zero-order valence-corrected chi connectivity index (χ0v) is 22.3. The first-order chi connectivity index (χ1) is 19.3. The number of nitrogens with zero attached hydrogens (tertiary/aromatic N) is 5. The minimum absolute atomic E-state index is 0.00849. The molecule has 222 valence electrons. The second-order valence-corrected chi connectivity index (χ2v) is 10.2. The zero-order chi connectivity index (χ0) is 29.8. The Kier molecular flexibility index (Phi) is 8.73. The van der Waals surface area contributed by atoms with Crippen molar-refractivity contribution in [3.05, 3.63) is 53.6 Å². The third-order valence-corrected chi connectivity index (χ3v) is 6.57. The van der Waals surface area contributed by atoms with Crippen molar-refractivity contribution in [3.8, 4) is 5.75 Å². The molecule has 2 aromatic heterocycles. The van der Waals surface area contributed by atoms with E-state index in [4.69, 9.17) is 4.74 Å². The summed E-state index contributed by atoms with van der Waals surface area (Å²) >= 11 is 0. The molecule has 0 saturated carbocycles. The van der Waals surface area contributed by atoms with Gasteiger partial charge < -0.3 is 10.1 Å². The van der Waals surface area contributed by atoms with Crippen LogP contribution in [0.2, 0.25) is 0 Å². The van der Waals surface area contributed by atoms with E-state index in [9.17, 15) is 31.1 Å². The van der Waals surface area contributed by atoms with Crippen LogP contribution in [-0.4, -0.2) is 55.3 Å². The number of amides is 1. The number of H-pyrrole nitrogens is 1. The highest BCUT2D eigenvalue weighted by Gasteiger charge is 2.60. The molecule has 41 heavy (non-hydrogen) atoms. The summed E-state index contributed by atoms with van der Waals surface area (Å²) < 4.78 is 88.5. The third-order valence-electron chi connectivity index (χ3n) is 6.57. The molecule has 1 atom stereocenters. The lowest BCUT2D eigenvalue weighted by molar-refractivity contribution is -0.201. The lowest BCUT2D eigenvalue weighted by Gasteiger charge is -2.40. The van der Waals surface area contributed by atoms with Gasteiger partial charge in [0.15, 0.2) is 5.54 Å². The van der Waals surface area contributed by atoms with Gasteiger partial charge in [-0.15, -0.1) is 10.2 Å². The molecule has 3 aromatic rings. The minimum atomic E-state index is -4.92. The Morgan fingerprint density at radius 2 is 1.78 bits per heavy atom. The molecule has 1 aliphatic rings. The zero-order valence-electron chi connectivity index (χ0n) is 22.3. The summed E-state index contributed by atoms with van der Waals surface area (Å²) in [6, 6.07) is 6.63. The highest BCUT2D eigenvalue weighted by atomic mass is 19.4. The van der Waals surface area contributed by atoms with E-state index in [0.29, 0.717) is 19.4 Å². The molecular weight excluding hydrogens is 556 g/mol. The molecule has 3 heterocycles. The summed E-state index contributed by atoms with van der Waals surface area (Å²) in [4.78, 5) is 13.3. The van der Waals surface area contributed by atoms with Gasteiger partial charge in [-0.2, -0.15) is 36.7 Å². The Labute approximate surface area is 231 Å². The van der Waals surface area contributed by atoms with Gasteiger partial charge in [-0.3, -0.25) is 9.48 Å². The fourth-order valence-electron chi connectivity index (χ4n) is 4.65. The van der Waals surface area contributed by atoms with Crippen molar-refractivity contribution in [2.75, 3.05) is 6.61 Å². The number of benzene rings is 1. The summed E-state index contributed by atoms with van der Waals surface area (Å²) in [6.07, 6.45) is -8.44. The van der Waals surface area contributed by atoms with Crippen LogP contribution < -0.4 is 10.1 Å². The number of aromatic amines is 1. The molecule has 0 bridgehead atoms. The van der Waals surface area contributed by atoms with Crippen LogP contribution in [0.1, 0.15) is 63.0 Å². The highest BCUT2D eigenvalue weighted by molar-refractivity contribution is 6.27. The average molecular weight is 586 g/mol. The standard InChI is InChI=1S/C26H29F6N7O2/c1-16(2)15-39-12-10-20(36-39)19-14-24(26(30,31)32,33-23(40)21(19)22-34-37-38-35-22)17-6-8-18(9-7-17)41-13-5-3-4-11-25(27,28)29/h6-10,12,16H,3-5,11,13-15H2,1-2H3,(H,33,40)(H,34,35,37,38). The van der Waals surface area contributed by atoms with Gasteiger partial charge in [0, 0.05) is 25.6 Å². The first-order valence-corrected chi connectivity index (χ1v) is 13.0. The Bertz CT molecular complexity index is 1350. The highest BCUT2D eigenvalue weighted by Crippen LogP contribution is 2.49. The van der Waals surface area contributed by atoms with Gasteiger partial charge in [0.25, 0.3) is 5.91 Å². The Morgan fingerprint density at radius 3 is 2.39 bits per heavy atom. The van der Waals surface area contributed by atoms with Crippen LogP contribution in [0.4, 0.5) is 26.3 Å². The van der Waals surface area contributed by atoms with Crippen LogP contribution in [0, 0.1) is 5.92 Å².